The van der Waals surface area contributed by atoms with Crippen LogP contribution in [0, 0.1) is 0 Å². The summed E-state index contributed by atoms with van der Waals surface area (Å²) in [5.74, 6) is -0.143. The molecule has 104 valence electrons. The van der Waals surface area contributed by atoms with E-state index in [1.165, 1.54) is 0 Å². The molecule has 5 heteroatoms. The summed E-state index contributed by atoms with van der Waals surface area (Å²) < 4.78 is 1.74. The molecule has 20 heavy (non-hydrogen) atoms. The Labute approximate surface area is 123 Å². The van der Waals surface area contributed by atoms with Crippen LogP contribution in [-0.2, 0) is 6.42 Å². The van der Waals surface area contributed by atoms with Gasteiger partial charge in [0.1, 0.15) is 0 Å². The molecule has 0 atom stereocenters. The maximum absolute atomic E-state index is 12.1. The van der Waals surface area contributed by atoms with Gasteiger partial charge in [0.25, 0.3) is 5.91 Å². The Balaban J connectivity index is 2.39. The largest absolute Gasteiger partial charge is 0.348 e. The standard InChI is InChI=1S/C15H16ClN3O/c1-3-8-17-15(20)13-10-18-19(14(13)4-2)12-7-5-6-11(16)9-12/h3,5-7,9-10H,1,4,8H2,2H3,(H,17,20). The molecule has 0 saturated heterocycles. The van der Waals surface area contributed by atoms with Crippen LogP contribution in [0.2, 0.25) is 5.02 Å². The fraction of sp³-hybridized carbons (Fsp3) is 0.200. The molecule has 0 saturated carbocycles. The number of rotatable bonds is 5. The molecule has 0 aliphatic carbocycles. The maximum atomic E-state index is 12.1. The van der Waals surface area contributed by atoms with Crippen molar-refractivity contribution < 1.29 is 4.79 Å². The summed E-state index contributed by atoms with van der Waals surface area (Å²) in [7, 11) is 0. The summed E-state index contributed by atoms with van der Waals surface area (Å²) in [6, 6.07) is 7.39. The maximum Gasteiger partial charge on any atom is 0.255 e. The van der Waals surface area contributed by atoms with Crippen molar-refractivity contribution >= 4 is 17.5 Å². The lowest BCUT2D eigenvalue weighted by Crippen LogP contribution is -2.24. The Morgan fingerprint density at radius 2 is 2.35 bits per heavy atom. The minimum Gasteiger partial charge on any atom is -0.348 e. The van der Waals surface area contributed by atoms with Crippen molar-refractivity contribution in [2.75, 3.05) is 6.54 Å². The molecule has 1 N–H and O–H groups in total. The Kier molecular flexibility index (Phi) is 4.58. The number of amides is 1. The van der Waals surface area contributed by atoms with Crippen LogP contribution < -0.4 is 5.32 Å². The Bertz CT molecular complexity index is 634. The number of hydrogen-bond acceptors (Lipinski definition) is 2. The van der Waals surface area contributed by atoms with Gasteiger partial charge < -0.3 is 5.32 Å². The lowest BCUT2D eigenvalue weighted by atomic mass is 10.2. The van der Waals surface area contributed by atoms with Gasteiger partial charge in [-0.2, -0.15) is 5.10 Å². The number of nitrogens with zero attached hydrogens (tertiary/aromatic N) is 2. The van der Waals surface area contributed by atoms with Gasteiger partial charge in [-0.1, -0.05) is 30.7 Å². The average molecular weight is 290 g/mol. The van der Waals surface area contributed by atoms with Crippen molar-refractivity contribution in [3.8, 4) is 5.69 Å². The predicted octanol–water partition coefficient (Wildman–Crippen LogP) is 3.00. The van der Waals surface area contributed by atoms with E-state index in [4.69, 9.17) is 11.6 Å². The number of aromatic nitrogens is 2. The molecule has 0 aliphatic heterocycles. The van der Waals surface area contributed by atoms with Crippen LogP contribution in [0.5, 0.6) is 0 Å². The second-order valence-corrected chi connectivity index (χ2v) is 4.69. The van der Waals surface area contributed by atoms with Gasteiger partial charge in [0.05, 0.1) is 23.1 Å². The minimum absolute atomic E-state index is 0.143. The van der Waals surface area contributed by atoms with Crippen LogP contribution in [-0.4, -0.2) is 22.2 Å². The van der Waals surface area contributed by atoms with E-state index in [1.807, 2.05) is 25.1 Å². The molecule has 1 aromatic heterocycles. The number of carbonyl (C=O) groups is 1. The van der Waals surface area contributed by atoms with E-state index in [2.05, 4.69) is 17.0 Å². The van der Waals surface area contributed by atoms with Crippen LogP contribution in [0.25, 0.3) is 5.69 Å². The van der Waals surface area contributed by atoms with E-state index in [9.17, 15) is 4.79 Å². The highest BCUT2D eigenvalue weighted by Crippen LogP contribution is 2.19. The number of carbonyl (C=O) groups excluding carboxylic acids is 1. The Hall–Kier alpha value is -2.07. The lowest BCUT2D eigenvalue weighted by molar-refractivity contribution is 0.0957. The molecule has 2 aromatic rings. The Morgan fingerprint density at radius 3 is 3.00 bits per heavy atom. The first kappa shape index (κ1) is 14.3. The third-order valence-corrected chi connectivity index (χ3v) is 3.14. The second-order valence-electron chi connectivity index (χ2n) is 4.25. The molecular weight excluding hydrogens is 274 g/mol. The van der Waals surface area contributed by atoms with Crippen LogP contribution in [0.3, 0.4) is 0 Å². The van der Waals surface area contributed by atoms with Crippen molar-refractivity contribution in [3.05, 3.63) is 59.4 Å². The summed E-state index contributed by atoms with van der Waals surface area (Å²) >= 11 is 6.00. The fourth-order valence-corrected chi connectivity index (χ4v) is 2.18. The minimum atomic E-state index is -0.143. The summed E-state index contributed by atoms with van der Waals surface area (Å²) in [6.07, 6.45) is 3.92. The molecule has 0 aliphatic rings. The van der Waals surface area contributed by atoms with Crippen molar-refractivity contribution in [2.24, 2.45) is 0 Å². The van der Waals surface area contributed by atoms with Gasteiger partial charge in [-0.15, -0.1) is 6.58 Å². The highest BCUT2D eigenvalue weighted by atomic mass is 35.5. The number of halogens is 1. The zero-order chi connectivity index (χ0) is 14.5. The van der Waals surface area contributed by atoms with Gasteiger partial charge in [0.15, 0.2) is 0 Å². The molecular formula is C15H16ClN3O. The summed E-state index contributed by atoms with van der Waals surface area (Å²) in [5.41, 5.74) is 2.28. The highest BCUT2D eigenvalue weighted by molar-refractivity contribution is 6.30. The molecule has 2 rings (SSSR count). The lowest BCUT2D eigenvalue weighted by Gasteiger charge is -2.08. The van der Waals surface area contributed by atoms with E-state index in [-0.39, 0.29) is 5.91 Å². The summed E-state index contributed by atoms with van der Waals surface area (Å²) in [6.45, 7) is 6.00. The van der Waals surface area contributed by atoms with Gasteiger partial charge in [0, 0.05) is 11.6 Å². The fourth-order valence-electron chi connectivity index (χ4n) is 1.99. The normalized spacial score (nSPS) is 10.3. The van der Waals surface area contributed by atoms with Crippen molar-refractivity contribution in [2.45, 2.75) is 13.3 Å². The third kappa shape index (κ3) is 2.91. The van der Waals surface area contributed by atoms with Crippen LogP contribution in [0.1, 0.15) is 23.0 Å². The van der Waals surface area contributed by atoms with Gasteiger partial charge in [0.2, 0.25) is 0 Å². The monoisotopic (exact) mass is 289 g/mol. The second kappa shape index (κ2) is 6.39. The van der Waals surface area contributed by atoms with Crippen molar-refractivity contribution in [3.63, 3.8) is 0 Å². The molecule has 1 aromatic carbocycles. The zero-order valence-corrected chi connectivity index (χ0v) is 12.0. The van der Waals surface area contributed by atoms with E-state index in [0.717, 1.165) is 11.4 Å². The van der Waals surface area contributed by atoms with Crippen molar-refractivity contribution in [1.82, 2.24) is 15.1 Å². The van der Waals surface area contributed by atoms with Gasteiger partial charge in [-0.3, -0.25) is 4.79 Å². The van der Waals surface area contributed by atoms with E-state index in [0.29, 0.717) is 23.6 Å². The van der Waals surface area contributed by atoms with E-state index < -0.39 is 0 Å². The molecule has 4 nitrogen and oxygen atoms in total. The van der Waals surface area contributed by atoms with E-state index in [1.54, 1.807) is 23.0 Å². The molecule has 0 radical (unpaired) electrons. The average Bonchev–Trinajstić information content (AvgIpc) is 2.88. The molecule has 0 bridgehead atoms. The first-order valence-corrected chi connectivity index (χ1v) is 6.77. The summed E-state index contributed by atoms with van der Waals surface area (Å²) in [5, 5.41) is 7.70. The SMILES string of the molecule is C=CCNC(=O)c1cnn(-c2cccc(Cl)c2)c1CC. The first-order valence-electron chi connectivity index (χ1n) is 6.39. The number of benzene rings is 1. The van der Waals surface area contributed by atoms with Crippen LogP contribution in [0.15, 0.2) is 43.1 Å². The number of nitrogens with one attached hydrogen (secondary N) is 1. The van der Waals surface area contributed by atoms with E-state index >= 15 is 0 Å². The quantitative estimate of drug-likeness (QED) is 0.860. The summed E-state index contributed by atoms with van der Waals surface area (Å²) in [4.78, 5) is 12.1. The molecule has 1 heterocycles. The molecule has 0 fully saturated rings. The number of hydrogen-bond donors (Lipinski definition) is 1. The third-order valence-electron chi connectivity index (χ3n) is 2.91. The predicted molar refractivity (Wildman–Crippen MR) is 80.5 cm³/mol. The molecule has 0 unspecified atom stereocenters. The van der Waals surface area contributed by atoms with Crippen molar-refractivity contribution in [1.29, 1.82) is 0 Å². The smallest absolute Gasteiger partial charge is 0.255 e. The molecule has 0 spiro atoms. The van der Waals surface area contributed by atoms with Gasteiger partial charge in [-0.05, 0) is 24.6 Å². The Morgan fingerprint density at radius 1 is 1.55 bits per heavy atom. The van der Waals surface area contributed by atoms with Gasteiger partial charge >= 0.3 is 0 Å². The van der Waals surface area contributed by atoms with Crippen LogP contribution in [0.4, 0.5) is 0 Å². The molecule has 1 amide bonds. The van der Waals surface area contributed by atoms with Gasteiger partial charge in [-0.25, -0.2) is 4.68 Å². The highest BCUT2D eigenvalue weighted by Gasteiger charge is 2.16. The van der Waals surface area contributed by atoms with Crippen LogP contribution >= 0.6 is 11.6 Å². The zero-order valence-electron chi connectivity index (χ0n) is 11.3. The first-order chi connectivity index (χ1) is 9.67. The topological polar surface area (TPSA) is 46.9 Å².